The number of halogens is 1. The number of aromatic nitrogens is 2. The van der Waals surface area contributed by atoms with Crippen molar-refractivity contribution in [3.8, 4) is 22.6 Å². The first-order chi connectivity index (χ1) is 14.7. The minimum absolute atomic E-state index is 0.276. The summed E-state index contributed by atoms with van der Waals surface area (Å²) in [6.45, 7) is 1.94. The summed E-state index contributed by atoms with van der Waals surface area (Å²) in [6, 6.07) is 20.1. The van der Waals surface area contributed by atoms with Crippen molar-refractivity contribution < 1.29 is 13.2 Å². The van der Waals surface area contributed by atoms with Crippen LogP contribution in [0.15, 0.2) is 81.8 Å². The molecule has 4 nitrogen and oxygen atoms in total. The van der Waals surface area contributed by atoms with Crippen LogP contribution in [0.5, 0.6) is 0 Å². The van der Waals surface area contributed by atoms with Gasteiger partial charge in [0.1, 0.15) is 22.7 Å². The molecule has 0 saturated heterocycles. The molecule has 30 heavy (non-hydrogen) atoms. The summed E-state index contributed by atoms with van der Waals surface area (Å²) in [4.78, 5) is 9.14. The zero-order valence-corrected chi connectivity index (χ0v) is 16.0. The van der Waals surface area contributed by atoms with Crippen LogP contribution in [0.2, 0.25) is 0 Å². The Morgan fingerprint density at radius 2 is 1.73 bits per heavy atom. The van der Waals surface area contributed by atoms with Crippen molar-refractivity contribution in [1.29, 1.82) is 0 Å². The Labute approximate surface area is 170 Å². The number of aryl methyl sites for hydroxylation is 1. The van der Waals surface area contributed by atoms with Crippen molar-refractivity contribution in [2.75, 3.05) is 0 Å². The van der Waals surface area contributed by atoms with Crippen LogP contribution >= 0.6 is 0 Å². The number of pyridine rings is 2. The van der Waals surface area contributed by atoms with Gasteiger partial charge in [0.25, 0.3) is 0 Å². The molecule has 144 valence electrons. The first-order valence-electron chi connectivity index (χ1n) is 9.60. The van der Waals surface area contributed by atoms with Gasteiger partial charge in [0.2, 0.25) is 5.71 Å². The molecule has 0 saturated carbocycles. The predicted octanol–water partition coefficient (Wildman–Crippen LogP) is 6.90. The predicted molar refractivity (Wildman–Crippen MR) is 115 cm³/mol. The van der Waals surface area contributed by atoms with Crippen LogP contribution in [0.4, 0.5) is 4.39 Å². The normalized spacial score (nSPS) is 11.7. The number of rotatable bonds is 2. The summed E-state index contributed by atoms with van der Waals surface area (Å²) in [5, 5.41) is 2.87. The van der Waals surface area contributed by atoms with Gasteiger partial charge in [0, 0.05) is 45.2 Å². The number of furan rings is 2. The summed E-state index contributed by atoms with van der Waals surface area (Å²) in [5.41, 5.74) is 5.44. The maximum absolute atomic E-state index is 13.2. The first-order valence-corrected chi connectivity index (χ1v) is 9.60. The summed E-state index contributed by atoms with van der Waals surface area (Å²) < 4.78 is 25.4. The fourth-order valence-corrected chi connectivity index (χ4v) is 3.81. The molecular weight excluding hydrogens is 379 g/mol. The average Bonchev–Trinajstić information content (AvgIpc) is 3.34. The van der Waals surface area contributed by atoms with Crippen molar-refractivity contribution >= 4 is 33.0 Å². The second kappa shape index (κ2) is 6.26. The van der Waals surface area contributed by atoms with Gasteiger partial charge in [-0.15, -0.1) is 0 Å². The van der Waals surface area contributed by atoms with E-state index >= 15 is 0 Å². The summed E-state index contributed by atoms with van der Waals surface area (Å²) in [7, 11) is 0. The molecule has 6 aromatic rings. The molecule has 4 aromatic heterocycles. The Hall–Kier alpha value is -3.99. The molecule has 0 bridgehead atoms. The third-order valence-corrected chi connectivity index (χ3v) is 5.31. The Morgan fingerprint density at radius 1 is 0.867 bits per heavy atom. The maximum Gasteiger partial charge on any atom is 0.227 e. The smallest absolute Gasteiger partial charge is 0.227 e. The number of fused-ring (bicyclic) bond motifs is 4. The second-order valence-electron chi connectivity index (χ2n) is 7.31. The van der Waals surface area contributed by atoms with Gasteiger partial charge < -0.3 is 8.83 Å². The molecule has 0 N–H and O–H groups in total. The Kier molecular flexibility index (Phi) is 3.53. The van der Waals surface area contributed by atoms with E-state index in [0.29, 0.717) is 17.1 Å². The van der Waals surface area contributed by atoms with Crippen molar-refractivity contribution in [3.05, 3.63) is 84.4 Å². The number of hydrogen-bond acceptors (Lipinski definition) is 4. The van der Waals surface area contributed by atoms with E-state index in [1.807, 2.05) is 49.4 Å². The van der Waals surface area contributed by atoms with E-state index < -0.39 is 0 Å². The first kappa shape index (κ1) is 16.9. The molecule has 0 aliphatic carbocycles. The highest BCUT2D eigenvalue weighted by Gasteiger charge is 2.15. The van der Waals surface area contributed by atoms with E-state index in [0.717, 1.165) is 44.3 Å². The average molecular weight is 394 g/mol. The van der Waals surface area contributed by atoms with E-state index in [4.69, 9.17) is 8.83 Å². The lowest BCUT2D eigenvalue weighted by molar-refractivity contribution is 0.623. The molecule has 0 unspecified atom stereocenters. The van der Waals surface area contributed by atoms with Gasteiger partial charge in [0.15, 0.2) is 0 Å². The van der Waals surface area contributed by atoms with Crippen molar-refractivity contribution in [1.82, 2.24) is 9.97 Å². The largest absolute Gasteiger partial charge is 0.456 e. The molecule has 0 aliphatic heterocycles. The van der Waals surface area contributed by atoms with Crippen LogP contribution in [-0.4, -0.2) is 9.97 Å². The highest BCUT2D eigenvalue weighted by molar-refractivity contribution is 6.08. The summed E-state index contributed by atoms with van der Waals surface area (Å²) in [6.07, 6.45) is 1.78. The van der Waals surface area contributed by atoms with Crippen LogP contribution in [0.25, 0.3) is 55.6 Å². The minimum Gasteiger partial charge on any atom is -0.456 e. The monoisotopic (exact) mass is 394 g/mol. The number of nitrogens with zero attached hydrogens (tertiary/aromatic N) is 2. The lowest BCUT2D eigenvalue weighted by Crippen LogP contribution is -1.83. The fraction of sp³-hybridized carbons (Fsp3) is 0.0400. The highest BCUT2D eigenvalue weighted by atomic mass is 19.1. The quantitative estimate of drug-likeness (QED) is 0.320. The Morgan fingerprint density at radius 3 is 2.60 bits per heavy atom. The fourth-order valence-electron chi connectivity index (χ4n) is 3.81. The zero-order chi connectivity index (χ0) is 20.2. The molecule has 0 radical (unpaired) electrons. The molecule has 4 heterocycles. The summed E-state index contributed by atoms with van der Waals surface area (Å²) >= 11 is 0. The minimum atomic E-state index is -0.276. The highest BCUT2D eigenvalue weighted by Crippen LogP contribution is 2.36. The Bertz CT molecular complexity index is 1560. The second-order valence-corrected chi connectivity index (χ2v) is 7.31. The Balaban J connectivity index is 1.51. The third-order valence-electron chi connectivity index (χ3n) is 5.31. The van der Waals surface area contributed by atoms with Crippen LogP contribution < -0.4 is 0 Å². The number of hydrogen-bond donors (Lipinski definition) is 0. The molecule has 0 fully saturated rings. The van der Waals surface area contributed by atoms with E-state index in [1.165, 1.54) is 12.1 Å². The van der Waals surface area contributed by atoms with Crippen LogP contribution in [0.3, 0.4) is 0 Å². The van der Waals surface area contributed by atoms with Crippen molar-refractivity contribution in [2.24, 2.45) is 0 Å². The molecule has 2 aromatic carbocycles. The SMILES string of the molecule is Cc1ccc2c(n1)oc1c(-c3cc4oc(-c5ccc(F)cc5)cc4cn3)cccc12. The van der Waals surface area contributed by atoms with Gasteiger partial charge in [-0.1, -0.05) is 12.1 Å². The van der Waals surface area contributed by atoms with Crippen molar-refractivity contribution in [2.45, 2.75) is 6.92 Å². The number of benzene rings is 2. The van der Waals surface area contributed by atoms with Gasteiger partial charge in [-0.25, -0.2) is 9.37 Å². The molecule has 0 atom stereocenters. The van der Waals surface area contributed by atoms with Gasteiger partial charge >= 0.3 is 0 Å². The molecule has 5 heteroatoms. The summed E-state index contributed by atoms with van der Waals surface area (Å²) in [5.74, 6) is 0.396. The van der Waals surface area contributed by atoms with E-state index in [1.54, 1.807) is 18.3 Å². The molecular formula is C25H15FN2O2. The third kappa shape index (κ3) is 2.59. The van der Waals surface area contributed by atoms with Crippen LogP contribution in [0, 0.1) is 12.7 Å². The lowest BCUT2D eigenvalue weighted by atomic mass is 10.1. The van der Waals surface area contributed by atoms with Gasteiger partial charge in [0.05, 0.1) is 5.69 Å². The lowest BCUT2D eigenvalue weighted by Gasteiger charge is -2.01. The molecule has 6 rings (SSSR count). The van der Waals surface area contributed by atoms with E-state index in [2.05, 4.69) is 9.97 Å². The van der Waals surface area contributed by atoms with Crippen LogP contribution in [-0.2, 0) is 0 Å². The van der Waals surface area contributed by atoms with Gasteiger partial charge in [-0.05, 0) is 55.5 Å². The zero-order valence-electron chi connectivity index (χ0n) is 16.0. The van der Waals surface area contributed by atoms with Crippen LogP contribution in [0.1, 0.15) is 5.69 Å². The molecule has 0 aliphatic rings. The molecule has 0 spiro atoms. The topological polar surface area (TPSA) is 52.1 Å². The molecule has 0 amide bonds. The van der Waals surface area contributed by atoms with E-state index in [-0.39, 0.29) is 5.82 Å². The number of para-hydroxylation sites is 1. The van der Waals surface area contributed by atoms with Crippen molar-refractivity contribution in [3.63, 3.8) is 0 Å². The van der Waals surface area contributed by atoms with Gasteiger partial charge in [-0.3, -0.25) is 4.98 Å². The standard InChI is InChI=1S/C25H15FN2O2/c1-14-5-10-19-18-3-2-4-20(24(18)30-25(19)28-14)21-12-23-16(13-27-21)11-22(29-23)15-6-8-17(26)9-7-15/h2-13H,1H3. The van der Waals surface area contributed by atoms with E-state index in [9.17, 15) is 4.39 Å². The van der Waals surface area contributed by atoms with Gasteiger partial charge in [-0.2, -0.15) is 0 Å². The maximum atomic E-state index is 13.2.